The van der Waals surface area contributed by atoms with Crippen molar-refractivity contribution in [3.05, 3.63) is 17.5 Å². The third kappa shape index (κ3) is 3.80. The van der Waals surface area contributed by atoms with Crippen molar-refractivity contribution >= 4 is 11.8 Å². The molecule has 110 valence electrons. The van der Waals surface area contributed by atoms with Gasteiger partial charge in [0.25, 0.3) is 5.91 Å². The molecule has 1 aliphatic heterocycles. The maximum atomic E-state index is 11.7. The van der Waals surface area contributed by atoms with E-state index in [1.54, 1.807) is 19.9 Å². The number of piperazine rings is 1. The molecule has 1 saturated heterocycles. The average molecular weight is 280 g/mol. The third-order valence-electron chi connectivity index (χ3n) is 3.38. The summed E-state index contributed by atoms with van der Waals surface area (Å²) in [6.45, 7) is 7.89. The van der Waals surface area contributed by atoms with Gasteiger partial charge in [0.1, 0.15) is 0 Å². The monoisotopic (exact) mass is 280 g/mol. The number of amides is 2. The van der Waals surface area contributed by atoms with Crippen molar-refractivity contribution in [2.24, 2.45) is 0 Å². The second-order valence-corrected chi connectivity index (χ2v) is 4.94. The second kappa shape index (κ2) is 6.51. The molecule has 0 aromatic carbocycles. The first-order valence-electron chi connectivity index (χ1n) is 6.75. The van der Waals surface area contributed by atoms with Crippen LogP contribution in [0.5, 0.6) is 0 Å². The molecule has 0 atom stereocenters. The van der Waals surface area contributed by atoms with Crippen LogP contribution in [-0.2, 0) is 4.79 Å². The van der Waals surface area contributed by atoms with Crippen LogP contribution in [0.3, 0.4) is 0 Å². The molecular weight excluding hydrogens is 260 g/mol. The fraction of sp³-hybridized carbons (Fsp3) is 0.615. The normalized spacial score (nSPS) is 16.2. The van der Waals surface area contributed by atoms with Crippen molar-refractivity contribution in [2.45, 2.75) is 13.8 Å². The summed E-state index contributed by atoms with van der Waals surface area (Å²) in [4.78, 5) is 27.0. The van der Waals surface area contributed by atoms with Gasteiger partial charge in [0.15, 0.2) is 0 Å². The number of hydrogen-bond donors (Lipinski definition) is 1. The number of carbonyl (C=O) groups excluding carboxylic acids is 2. The first-order chi connectivity index (χ1) is 9.56. The first kappa shape index (κ1) is 14.5. The summed E-state index contributed by atoms with van der Waals surface area (Å²) in [6, 6.07) is 1.61. The molecule has 1 fully saturated rings. The van der Waals surface area contributed by atoms with Gasteiger partial charge in [0.2, 0.25) is 11.7 Å². The highest BCUT2D eigenvalue weighted by Gasteiger charge is 2.18. The van der Waals surface area contributed by atoms with Crippen molar-refractivity contribution < 1.29 is 14.1 Å². The maximum Gasteiger partial charge on any atom is 0.289 e. The second-order valence-electron chi connectivity index (χ2n) is 4.94. The van der Waals surface area contributed by atoms with E-state index in [-0.39, 0.29) is 17.6 Å². The summed E-state index contributed by atoms with van der Waals surface area (Å²) < 4.78 is 4.89. The standard InChI is InChI=1S/C13H20N4O3/c1-10-9-12(20-15-10)13(19)14-3-4-16-5-7-17(8-6-16)11(2)18/h9H,3-8H2,1-2H3,(H,14,19). The van der Waals surface area contributed by atoms with Gasteiger partial charge in [-0.05, 0) is 6.92 Å². The molecule has 7 heteroatoms. The molecule has 0 bridgehead atoms. The lowest BCUT2D eigenvalue weighted by atomic mass is 10.3. The SMILES string of the molecule is CC(=O)N1CCN(CCNC(=O)c2cc(C)no2)CC1. The minimum Gasteiger partial charge on any atom is -0.351 e. The largest absolute Gasteiger partial charge is 0.351 e. The molecule has 2 heterocycles. The number of rotatable bonds is 4. The summed E-state index contributed by atoms with van der Waals surface area (Å²) in [5.74, 6) is 0.121. The van der Waals surface area contributed by atoms with Crippen molar-refractivity contribution in [2.75, 3.05) is 39.3 Å². The van der Waals surface area contributed by atoms with E-state index >= 15 is 0 Å². The van der Waals surface area contributed by atoms with Gasteiger partial charge >= 0.3 is 0 Å². The number of aryl methyl sites for hydroxylation is 1. The smallest absolute Gasteiger partial charge is 0.289 e. The molecular formula is C13H20N4O3. The van der Waals surface area contributed by atoms with Gasteiger partial charge < -0.3 is 14.7 Å². The van der Waals surface area contributed by atoms with Gasteiger partial charge in [-0.25, -0.2) is 0 Å². The molecule has 1 aromatic rings. The summed E-state index contributed by atoms with van der Waals surface area (Å²) >= 11 is 0. The molecule has 2 amide bonds. The topological polar surface area (TPSA) is 78.7 Å². The summed E-state index contributed by atoms with van der Waals surface area (Å²) in [6.07, 6.45) is 0. The lowest BCUT2D eigenvalue weighted by Gasteiger charge is -2.34. The minimum atomic E-state index is -0.243. The van der Waals surface area contributed by atoms with E-state index in [4.69, 9.17) is 4.52 Å². The van der Waals surface area contributed by atoms with Crippen LogP contribution in [-0.4, -0.2) is 66.0 Å². The predicted molar refractivity (Wildman–Crippen MR) is 72.3 cm³/mol. The lowest BCUT2D eigenvalue weighted by molar-refractivity contribution is -0.130. The van der Waals surface area contributed by atoms with E-state index in [1.807, 2.05) is 4.90 Å². The predicted octanol–water partition coefficient (Wildman–Crippen LogP) is -0.123. The Hall–Kier alpha value is -1.89. The Balaban J connectivity index is 1.67. The molecule has 1 aliphatic rings. The fourth-order valence-corrected chi connectivity index (χ4v) is 2.17. The van der Waals surface area contributed by atoms with Crippen molar-refractivity contribution in [3.8, 4) is 0 Å². The summed E-state index contributed by atoms with van der Waals surface area (Å²) in [5.41, 5.74) is 0.690. The zero-order valence-electron chi connectivity index (χ0n) is 11.9. The summed E-state index contributed by atoms with van der Waals surface area (Å²) in [5, 5.41) is 6.48. The molecule has 1 aromatic heterocycles. The molecule has 0 radical (unpaired) electrons. The van der Waals surface area contributed by atoms with Crippen LogP contribution in [0.2, 0.25) is 0 Å². The Labute approximate surface area is 117 Å². The van der Waals surface area contributed by atoms with E-state index in [1.165, 1.54) is 0 Å². The van der Waals surface area contributed by atoms with Gasteiger partial charge in [-0.1, -0.05) is 5.16 Å². The van der Waals surface area contributed by atoms with Crippen LogP contribution in [0.15, 0.2) is 10.6 Å². The number of carbonyl (C=O) groups is 2. The molecule has 0 spiro atoms. The van der Waals surface area contributed by atoms with Crippen LogP contribution < -0.4 is 5.32 Å². The average Bonchev–Trinajstić information content (AvgIpc) is 2.86. The maximum absolute atomic E-state index is 11.7. The number of nitrogens with one attached hydrogen (secondary N) is 1. The lowest BCUT2D eigenvalue weighted by Crippen LogP contribution is -2.49. The van der Waals surface area contributed by atoms with Gasteiger partial charge in [0, 0.05) is 52.3 Å². The highest BCUT2D eigenvalue weighted by atomic mass is 16.5. The van der Waals surface area contributed by atoms with Gasteiger partial charge in [-0.2, -0.15) is 0 Å². The number of hydrogen-bond acceptors (Lipinski definition) is 5. The van der Waals surface area contributed by atoms with Gasteiger partial charge in [0.05, 0.1) is 5.69 Å². The summed E-state index contributed by atoms with van der Waals surface area (Å²) in [7, 11) is 0. The Bertz CT molecular complexity index is 478. The van der Waals surface area contributed by atoms with Crippen molar-refractivity contribution in [1.29, 1.82) is 0 Å². The van der Waals surface area contributed by atoms with E-state index in [0.717, 1.165) is 32.7 Å². The Morgan fingerprint density at radius 2 is 2.05 bits per heavy atom. The van der Waals surface area contributed by atoms with Gasteiger partial charge in [-0.15, -0.1) is 0 Å². The molecule has 0 saturated carbocycles. The highest BCUT2D eigenvalue weighted by Crippen LogP contribution is 2.03. The van der Waals surface area contributed by atoms with Crippen LogP contribution in [0.4, 0.5) is 0 Å². The zero-order valence-corrected chi connectivity index (χ0v) is 11.9. The Kier molecular flexibility index (Phi) is 4.73. The quantitative estimate of drug-likeness (QED) is 0.831. The van der Waals surface area contributed by atoms with E-state index in [9.17, 15) is 9.59 Å². The third-order valence-corrected chi connectivity index (χ3v) is 3.38. The van der Waals surface area contributed by atoms with E-state index in [0.29, 0.717) is 12.2 Å². The highest BCUT2D eigenvalue weighted by molar-refractivity contribution is 5.91. The first-order valence-corrected chi connectivity index (χ1v) is 6.75. The van der Waals surface area contributed by atoms with Crippen LogP contribution >= 0.6 is 0 Å². The Morgan fingerprint density at radius 1 is 1.35 bits per heavy atom. The van der Waals surface area contributed by atoms with Crippen LogP contribution in [0.25, 0.3) is 0 Å². The minimum absolute atomic E-state index is 0.124. The van der Waals surface area contributed by atoms with Gasteiger partial charge in [-0.3, -0.25) is 14.5 Å². The number of nitrogens with zero attached hydrogens (tertiary/aromatic N) is 3. The molecule has 20 heavy (non-hydrogen) atoms. The zero-order chi connectivity index (χ0) is 14.5. The fourth-order valence-electron chi connectivity index (χ4n) is 2.17. The van der Waals surface area contributed by atoms with Crippen molar-refractivity contribution in [1.82, 2.24) is 20.3 Å². The van der Waals surface area contributed by atoms with E-state index in [2.05, 4.69) is 15.4 Å². The Morgan fingerprint density at radius 3 is 2.60 bits per heavy atom. The van der Waals surface area contributed by atoms with Crippen LogP contribution in [0, 0.1) is 6.92 Å². The molecule has 0 aliphatic carbocycles. The molecule has 0 unspecified atom stereocenters. The van der Waals surface area contributed by atoms with E-state index < -0.39 is 0 Å². The van der Waals surface area contributed by atoms with Crippen molar-refractivity contribution in [3.63, 3.8) is 0 Å². The van der Waals surface area contributed by atoms with Crippen LogP contribution in [0.1, 0.15) is 23.2 Å². The number of aromatic nitrogens is 1. The molecule has 7 nitrogen and oxygen atoms in total. The molecule has 2 rings (SSSR count). The molecule has 1 N–H and O–H groups in total.